The van der Waals surface area contributed by atoms with E-state index < -0.39 is 0 Å². The molecular formula is C9H17ClS2. The molecule has 3 heteroatoms. The molecule has 0 spiro atoms. The van der Waals surface area contributed by atoms with E-state index in [1.807, 2.05) is 23.5 Å². The molecule has 0 fully saturated rings. The first-order valence-electron chi connectivity index (χ1n) is 4.16. The Bertz CT molecular complexity index is 137. The molecule has 0 saturated carbocycles. The van der Waals surface area contributed by atoms with Crippen LogP contribution >= 0.6 is 35.1 Å². The molecule has 0 unspecified atom stereocenters. The van der Waals surface area contributed by atoms with E-state index in [9.17, 15) is 0 Å². The van der Waals surface area contributed by atoms with Crippen molar-refractivity contribution in [1.29, 1.82) is 0 Å². The Morgan fingerprint density at radius 2 is 1.83 bits per heavy atom. The fourth-order valence-electron chi connectivity index (χ4n) is 0.986. The van der Waals surface area contributed by atoms with Gasteiger partial charge in [0.2, 0.25) is 0 Å². The molecule has 12 heavy (non-hydrogen) atoms. The molecule has 0 aliphatic rings. The van der Waals surface area contributed by atoms with E-state index in [2.05, 4.69) is 19.4 Å². The maximum Gasteiger partial charge on any atom is 0.0452 e. The van der Waals surface area contributed by atoms with Gasteiger partial charge in [-0.3, -0.25) is 0 Å². The standard InChI is InChI=1S/C9H17ClS2/c1-4-5-6-8(7-10)9(11-2)12-3/h4-7H2,1-3H3. The van der Waals surface area contributed by atoms with E-state index in [0.29, 0.717) is 5.88 Å². The molecule has 0 nitrogen and oxygen atoms in total. The molecular weight excluding hydrogens is 208 g/mol. The van der Waals surface area contributed by atoms with Crippen LogP contribution in [0.1, 0.15) is 26.2 Å². The zero-order valence-electron chi connectivity index (χ0n) is 8.02. The minimum atomic E-state index is 0.691. The van der Waals surface area contributed by atoms with Gasteiger partial charge in [-0.2, -0.15) is 0 Å². The molecule has 0 aromatic rings. The zero-order valence-corrected chi connectivity index (χ0v) is 10.4. The first-order valence-corrected chi connectivity index (χ1v) is 7.14. The number of rotatable bonds is 6. The van der Waals surface area contributed by atoms with Crippen molar-refractivity contribution in [2.45, 2.75) is 26.2 Å². The van der Waals surface area contributed by atoms with Gasteiger partial charge < -0.3 is 0 Å². The summed E-state index contributed by atoms with van der Waals surface area (Å²) in [6.45, 7) is 2.21. The van der Waals surface area contributed by atoms with E-state index in [1.165, 1.54) is 22.7 Å². The van der Waals surface area contributed by atoms with Crippen molar-refractivity contribution in [1.82, 2.24) is 0 Å². The highest BCUT2D eigenvalue weighted by Crippen LogP contribution is 2.30. The van der Waals surface area contributed by atoms with E-state index in [0.717, 1.165) is 6.42 Å². The van der Waals surface area contributed by atoms with Crippen LogP contribution in [-0.4, -0.2) is 18.4 Å². The van der Waals surface area contributed by atoms with Crippen molar-refractivity contribution in [2.75, 3.05) is 18.4 Å². The Hall–Kier alpha value is 0.730. The van der Waals surface area contributed by atoms with E-state index >= 15 is 0 Å². The third-order valence-corrected chi connectivity index (χ3v) is 4.29. The summed E-state index contributed by atoms with van der Waals surface area (Å²) >= 11 is 9.49. The van der Waals surface area contributed by atoms with Crippen LogP contribution in [-0.2, 0) is 0 Å². The van der Waals surface area contributed by atoms with E-state index in [1.54, 1.807) is 0 Å². The molecule has 0 N–H and O–H groups in total. The second-order valence-corrected chi connectivity index (χ2v) is 4.70. The monoisotopic (exact) mass is 224 g/mol. The molecule has 0 amide bonds. The first-order chi connectivity index (χ1) is 5.79. The summed E-state index contributed by atoms with van der Waals surface area (Å²) in [5.74, 6) is 0.691. The van der Waals surface area contributed by atoms with Crippen LogP contribution in [0.4, 0.5) is 0 Å². The van der Waals surface area contributed by atoms with Gasteiger partial charge in [0.25, 0.3) is 0 Å². The summed E-state index contributed by atoms with van der Waals surface area (Å²) < 4.78 is 1.40. The summed E-state index contributed by atoms with van der Waals surface area (Å²) in [4.78, 5) is 0. The quantitative estimate of drug-likeness (QED) is 0.616. The minimum absolute atomic E-state index is 0.691. The second-order valence-electron chi connectivity index (χ2n) is 2.54. The predicted octanol–water partition coefficient (Wildman–Crippen LogP) is 4.35. The van der Waals surface area contributed by atoms with E-state index in [4.69, 9.17) is 11.6 Å². The van der Waals surface area contributed by atoms with Gasteiger partial charge in [0.05, 0.1) is 0 Å². The van der Waals surface area contributed by atoms with Gasteiger partial charge in [-0.1, -0.05) is 13.3 Å². The Morgan fingerprint density at radius 1 is 1.25 bits per heavy atom. The maximum atomic E-state index is 5.87. The number of hydrogen-bond acceptors (Lipinski definition) is 2. The minimum Gasteiger partial charge on any atom is -0.123 e. The summed E-state index contributed by atoms with van der Waals surface area (Å²) in [5.41, 5.74) is 1.42. The van der Waals surface area contributed by atoms with Gasteiger partial charge >= 0.3 is 0 Å². The number of hydrogen-bond donors (Lipinski definition) is 0. The lowest BCUT2D eigenvalue weighted by Crippen LogP contribution is -1.88. The summed E-state index contributed by atoms with van der Waals surface area (Å²) in [7, 11) is 0. The molecule has 0 aliphatic carbocycles. The van der Waals surface area contributed by atoms with Gasteiger partial charge in [-0.25, -0.2) is 0 Å². The Labute approximate surface area is 89.5 Å². The lowest BCUT2D eigenvalue weighted by Gasteiger charge is -2.08. The van der Waals surface area contributed by atoms with Gasteiger partial charge in [-0.05, 0) is 30.9 Å². The summed E-state index contributed by atoms with van der Waals surface area (Å²) in [5, 5.41) is 0. The van der Waals surface area contributed by atoms with Crippen LogP contribution in [0.5, 0.6) is 0 Å². The van der Waals surface area contributed by atoms with Gasteiger partial charge in [-0.15, -0.1) is 35.1 Å². The predicted molar refractivity (Wildman–Crippen MR) is 64.3 cm³/mol. The molecule has 0 aromatic heterocycles. The smallest absolute Gasteiger partial charge is 0.0452 e. The highest BCUT2D eigenvalue weighted by molar-refractivity contribution is 8.21. The molecule has 72 valence electrons. The molecule has 0 saturated heterocycles. The van der Waals surface area contributed by atoms with Crippen LogP contribution in [0.25, 0.3) is 0 Å². The average molecular weight is 225 g/mol. The lowest BCUT2D eigenvalue weighted by molar-refractivity contribution is 0.789. The highest BCUT2D eigenvalue weighted by Gasteiger charge is 2.03. The van der Waals surface area contributed by atoms with Crippen molar-refractivity contribution >= 4 is 35.1 Å². The third-order valence-electron chi connectivity index (χ3n) is 1.65. The summed E-state index contributed by atoms with van der Waals surface area (Å²) in [6.07, 6.45) is 7.90. The van der Waals surface area contributed by atoms with E-state index in [-0.39, 0.29) is 0 Å². The van der Waals surface area contributed by atoms with Crippen LogP contribution in [0.3, 0.4) is 0 Å². The van der Waals surface area contributed by atoms with Crippen LogP contribution in [0.2, 0.25) is 0 Å². The van der Waals surface area contributed by atoms with Gasteiger partial charge in [0.15, 0.2) is 0 Å². The topological polar surface area (TPSA) is 0 Å². The fourth-order valence-corrected chi connectivity index (χ4v) is 3.00. The molecule has 0 heterocycles. The SMILES string of the molecule is CCCCC(CCl)=C(SC)SC. The van der Waals surface area contributed by atoms with Crippen molar-refractivity contribution in [3.63, 3.8) is 0 Å². The largest absolute Gasteiger partial charge is 0.123 e. The normalized spacial score (nSPS) is 10.0. The zero-order chi connectivity index (χ0) is 9.40. The molecule has 0 bridgehead atoms. The molecule has 0 aromatic carbocycles. The Morgan fingerprint density at radius 3 is 2.17 bits per heavy atom. The molecule has 0 radical (unpaired) electrons. The van der Waals surface area contributed by atoms with Crippen LogP contribution < -0.4 is 0 Å². The van der Waals surface area contributed by atoms with Crippen LogP contribution in [0.15, 0.2) is 9.81 Å². The summed E-state index contributed by atoms with van der Waals surface area (Å²) in [6, 6.07) is 0. The fraction of sp³-hybridized carbons (Fsp3) is 0.778. The number of alkyl halides is 1. The third kappa shape index (κ3) is 4.68. The van der Waals surface area contributed by atoms with Crippen LogP contribution in [0, 0.1) is 0 Å². The molecule has 0 atom stereocenters. The van der Waals surface area contributed by atoms with Crippen molar-refractivity contribution in [3.05, 3.63) is 9.81 Å². The number of allylic oxidation sites excluding steroid dienone is 1. The first kappa shape index (κ1) is 12.7. The van der Waals surface area contributed by atoms with Crippen molar-refractivity contribution in [2.24, 2.45) is 0 Å². The number of halogens is 1. The Kier molecular flexibility index (Phi) is 8.84. The van der Waals surface area contributed by atoms with Gasteiger partial charge in [0, 0.05) is 10.1 Å². The molecule has 0 aliphatic heterocycles. The number of thioether (sulfide) groups is 2. The highest BCUT2D eigenvalue weighted by atomic mass is 35.5. The Balaban J connectivity index is 4.14. The van der Waals surface area contributed by atoms with Crippen molar-refractivity contribution in [3.8, 4) is 0 Å². The second kappa shape index (κ2) is 8.33. The number of unbranched alkanes of at least 4 members (excludes halogenated alkanes) is 1. The van der Waals surface area contributed by atoms with Gasteiger partial charge in [0.1, 0.15) is 0 Å². The lowest BCUT2D eigenvalue weighted by atomic mass is 10.1. The molecule has 0 rings (SSSR count). The maximum absolute atomic E-state index is 5.87. The average Bonchev–Trinajstić information content (AvgIpc) is 2.12. The van der Waals surface area contributed by atoms with Crippen molar-refractivity contribution < 1.29 is 0 Å².